The molecule has 0 aliphatic carbocycles. The summed E-state index contributed by atoms with van der Waals surface area (Å²) in [5, 5.41) is 0. The van der Waals surface area contributed by atoms with Gasteiger partial charge in [0.2, 0.25) is 0 Å². The second kappa shape index (κ2) is 4.18. The zero-order valence-electron chi connectivity index (χ0n) is 8.77. The minimum atomic E-state index is -0.454. The van der Waals surface area contributed by atoms with E-state index in [0.29, 0.717) is 17.0 Å². The molecule has 0 radical (unpaired) electrons. The van der Waals surface area contributed by atoms with Gasteiger partial charge in [-0.1, -0.05) is 6.07 Å². The lowest BCUT2D eigenvalue weighted by Crippen LogP contribution is -1.94. The Hall–Kier alpha value is -2.10. The van der Waals surface area contributed by atoms with E-state index in [4.69, 9.17) is 10.5 Å². The van der Waals surface area contributed by atoms with Gasteiger partial charge in [0.15, 0.2) is 0 Å². The fourth-order valence-electron chi connectivity index (χ4n) is 1.45. The predicted octanol–water partition coefficient (Wildman–Crippen LogP) is 2.48. The molecule has 2 rings (SSSR count). The van der Waals surface area contributed by atoms with Crippen molar-refractivity contribution < 1.29 is 9.13 Å². The average Bonchev–Trinajstić information content (AvgIpc) is 2.32. The molecule has 0 spiro atoms. The van der Waals surface area contributed by atoms with Crippen LogP contribution >= 0.6 is 0 Å². The number of methoxy groups -OCH3 is 1. The van der Waals surface area contributed by atoms with Crippen molar-refractivity contribution in [2.75, 3.05) is 12.8 Å². The van der Waals surface area contributed by atoms with Gasteiger partial charge in [0.1, 0.15) is 17.3 Å². The quantitative estimate of drug-likeness (QED) is 0.788. The van der Waals surface area contributed by atoms with Crippen LogP contribution in [-0.2, 0) is 0 Å². The van der Waals surface area contributed by atoms with Crippen molar-refractivity contribution in [3.05, 3.63) is 42.3 Å². The summed E-state index contributed by atoms with van der Waals surface area (Å²) in [6.45, 7) is 0. The van der Waals surface area contributed by atoms with E-state index in [1.54, 1.807) is 31.5 Å². The number of hydrogen-bond donors (Lipinski definition) is 1. The Labute approximate surface area is 92.7 Å². The second-order valence-electron chi connectivity index (χ2n) is 3.29. The Bertz CT molecular complexity index is 514. The van der Waals surface area contributed by atoms with E-state index in [1.807, 2.05) is 0 Å². The van der Waals surface area contributed by atoms with Crippen molar-refractivity contribution in [1.29, 1.82) is 0 Å². The minimum Gasteiger partial charge on any atom is -0.494 e. The Morgan fingerprint density at radius 3 is 2.81 bits per heavy atom. The number of benzene rings is 1. The topological polar surface area (TPSA) is 48.1 Å². The van der Waals surface area contributed by atoms with Crippen LogP contribution in [0.4, 0.5) is 10.1 Å². The SMILES string of the molecule is COc1cccnc1-c1ccc(N)c(F)c1. The maximum absolute atomic E-state index is 13.3. The van der Waals surface area contributed by atoms with Crippen LogP contribution < -0.4 is 10.5 Å². The van der Waals surface area contributed by atoms with E-state index in [1.165, 1.54) is 12.1 Å². The van der Waals surface area contributed by atoms with Gasteiger partial charge in [0, 0.05) is 11.8 Å². The van der Waals surface area contributed by atoms with Crippen molar-refractivity contribution >= 4 is 5.69 Å². The highest BCUT2D eigenvalue weighted by molar-refractivity contribution is 5.67. The highest BCUT2D eigenvalue weighted by Crippen LogP contribution is 2.28. The lowest BCUT2D eigenvalue weighted by molar-refractivity contribution is 0.415. The summed E-state index contributed by atoms with van der Waals surface area (Å²) in [6.07, 6.45) is 1.63. The molecular weight excluding hydrogens is 207 g/mol. The molecule has 0 amide bonds. The van der Waals surface area contributed by atoms with Crippen LogP contribution in [-0.4, -0.2) is 12.1 Å². The third-order valence-corrected chi connectivity index (χ3v) is 2.26. The molecular formula is C12H11FN2O. The number of nitrogens with two attached hydrogens (primary N) is 1. The first-order valence-electron chi connectivity index (χ1n) is 4.77. The number of anilines is 1. The summed E-state index contributed by atoms with van der Waals surface area (Å²) in [6, 6.07) is 8.11. The van der Waals surface area contributed by atoms with E-state index in [0.717, 1.165) is 0 Å². The minimum absolute atomic E-state index is 0.124. The summed E-state index contributed by atoms with van der Waals surface area (Å²) in [4.78, 5) is 4.16. The summed E-state index contributed by atoms with van der Waals surface area (Å²) in [5.41, 5.74) is 6.78. The molecule has 0 fully saturated rings. The van der Waals surface area contributed by atoms with Crippen molar-refractivity contribution in [2.45, 2.75) is 0 Å². The molecule has 0 saturated carbocycles. The number of halogens is 1. The lowest BCUT2D eigenvalue weighted by Gasteiger charge is -2.07. The normalized spacial score (nSPS) is 10.1. The number of ether oxygens (including phenoxy) is 1. The third-order valence-electron chi connectivity index (χ3n) is 2.26. The highest BCUT2D eigenvalue weighted by atomic mass is 19.1. The molecule has 0 aliphatic heterocycles. The molecule has 16 heavy (non-hydrogen) atoms. The van der Waals surface area contributed by atoms with Crippen LogP contribution in [0.3, 0.4) is 0 Å². The molecule has 0 unspecified atom stereocenters. The van der Waals surface area contributed by atoms with Crippen molar-refractivity contribution in [1.82, 2.24) is 4.98 Å². The number of pyridine rings is 1. The molecule has 1 aromatic heterocycles. The van der Waals surface area contributed by atoms with Gasteiger partial charge in [0.05, 0.1) is 12.8 Å². The zero-order chi connectivity index (χ0) is 11.5. The maximum Gasteiger partial charge on any atom is 0.146 e. The lowest BCUT2D eigenvalue weighted by atomic mass is 10.1. The van der Waals surface area contributed by atoms with Gasteiger partial charge in [0.25, 0.3) is 0 Å². The molecule has 2 N–H and O–H groups in total. The van der Waals surface area contributed by atoms with Gasteiger partial charge < -0.3 is 10.5 Å². The van der Waals surface area contributed by atoms with Crippen LogP contribution in [0.15, 0.2) is 36.5 Å². The first kappa shape index (κ1) is 10.4. The maximum atomic E-state index is 13.3. The van der Waals surface area contributed by atoms with Crippen LogP contribution in [0.1, 0.15) is 0 Å². The molecule has 1 heterocycles. The molecule has 3 nitrogen and oxygen atoms in total. The summed E-state index contributed by atoms with van der Waals surface area (Å²) in [5.74, 6) is 0.150. The van der Waals surface area contributed by atoms with Gasteiger partial charge in [-0.15, -0.1) is 0 Å². The summed E-state index contributed by atoms with van der Waals surface area (Å²) < 4.78 is 18.5. The van der Waals surface area contributed by atoms with Crippen molar-refractivity contribution in [3.63, 3.8) is 0 Å². The molecule has 0 saturated heterocycles. The predicted molar refractivity (Wildman–Crippen MR) is 60.6 cm³/mol. The number of nitrogen functional groups attached to an aromatic ring is 1. The van der Waals surface area contributed by atoms with Crippen molar-refractivity contribution in [3.8, 4) is 17.0 Å². The largest absolute Gasteiger partial charge is 0.494 e. The van der Waals surface area contributed by atoms with E-state index >= 15 is 0 Å². The summed E-state index contributed by atoms with van der Waals surface area (Å²) >= 11 is 0. The van der Waals surface area contributed by atoms with E-state index in [2.05, 4.69) is 4.98 Å². The highest BCUT2D eigenvalue weighted by Gasteiger charge is 2.08. The standard InChI is InChI=1S/C12H11FN2O/c1-16-11-3-2-6-15-12(11)8-4-5-10(14)9(13)7-8/h2-7H,14H2,1H3. The summed E-state index contributed by atoms with van der Waals surface area (Å²) in [7, 11) is 1.55. The molecule has 4 heteroatoms. The Morgan fingerprint density at radius 2 is 2.12 bits per heavy atom. The first-order chi connectivity index (χ1) is 7.72. The molecule has 0 bridgehead atoms. The number of rotatable bonds is 2. The van der Waals surface area contributed by atoms with Gasteiger partial charge in [-0.3, -0.25) is 4.98 Å². The van der Waals surface area contributed by atoms with E-state index in [-0.39, 0.29) is 5.69 Å². The molecule has 82 valence electrons. The fourth-order valence-corrected chi connectivity index (χ4v) is 1.45. The fraction of sp³-hybridized carbons (Fsp3) is 0.0833. The van der Waals surface area contributed by atoms with E-state index < -0.39 is 5.82 Å². The van der Waals surface area contributed by atoms with Gasteiger partial charge >= 0.3 is 0 Å². The second-order valence-corrected chi connectivity index (χ2v) is 3.29. The smallest absolute Gasteiger partial charge is 0.146 e. The molecule has 1 aromatic carbocycles. The Kier molecular flexibility index (Phi) is 2.72. The molecule has 2 aromatic rings. The van der Waals surface area contributed by atoms with E-state index in [9.17, 15) is 4.39 Å². The first-order valence-corrected chi connectivity index (χ1v) is 4.77. The van der Waals surface area contributed by atoms with Crippen LogP contribution in [0.5, 0.6) is 5.75 Å². The van der Waals surface area contributed by atoms with Crippen molar-refractivity contribution in [2.24, 2.45) is 0 Å². The number of nitrogens with zero attached hydrogens (tertiary/aromatic N) is 1. The molecule has 0 atom stereocenters. The number of aromatic nitrogens is 1. The van der Waals surface area contributed by atoms with Crippen LogP contribution in [0.2, 0.25) is 0 Å². The van der Waals surface area contributed by atoms with Crippen LogP contribution in [0.25, 0.3) is 11.3 Å². The number of hydrogen-bond acceptors (Lipinski definition) is 3. The monoisotopic (exact) mass is 218 g/mol. The Balaban J connectivity index is 2.54. The van der Waals surface area contributed by atoms with Gasteiger partial charge in [-0.05, 0) is 24.3 Å². The zero-order valence-corrected chi connectivity index (χ0v) is 8.77. The van der Waals surface area contributed by atoms with Gasteiger partial charge in [-0.2, -0.15) is 0 Å². The Morgan fingerprint density at radius 1 is 1.31 bits per heavy atom. The van der Waals surface area contributed by atoms with Crippen LogP contribution in [0, 0.1) is 5.82 Å². The third kappa shape index (κ3) is 1.82. The van der Waals surface area contributed by atoms with Gasteiger partial charge in [-0.25, -0.2) is 4.39 Å². The molecule has 0 aliphatic rings. The average molecular weight is 218 g/mol.